The number of anilines is 2. The number of methoxy groups -OCH3 is 1. The summed E-state index contributed by atoms with van der Waals surface area (Å²) in [6.07, 6.45) is 0. The van der Waals surface area contributed by atoms with E-state index in [1.165, 1.54) is 12.6 Å². The molecule has 0 saturated carbocycles. The molecule has 1 aliphatic heterocycles. The van der Waals surface area contributed by atoms with Crippen molar-refractivity contribution in [3.05, 3.63) is 48.5 Å². The number of halogens is 1. The number of benzene rings is 2. The van der Waals surface area contributed by atoms with Gasteiger partial charge in [0.1, 0.15) is 18.1 Å². The van der Waals surface area contributed by atoms with E-state index in [0.717, 1.165) is 49.3 Å². The Kier molecular flexibility index (Phi) is 10.4. The maximum Gasteiger partial charge on any atom is 0.221 e. The summed E-state index contributed by atoms with van der Waals surface area (Å²) in [7, 11) is 3.48. The fourth-order valence-corrected chi connectivity index (χ4v) is 3.50. The second-order valence-electron chi connectivity index (χ2n) is 7.20. The first-order valence-corrected chi connectivity index (χ1v) is 10.4. The van der Waals surface area contributed by atoms with Crippen molar-refractivity contribution in [2.45, 2.75) is 6.92 Å². The highest BCUT2D eigenvalue weighted by atomic mass is 127. The highest BCUT2D eigenvalue weighted by Gasteiger charge is 2.19. The summed E-state index contributed by atoms with van der Waals surface area (Å²) in [5.41, 5.74) is 1.93. The molecule has 174 valence electrons. The molecule has 2 aromatic rings. The highest BCUT2D eigenvalue weighted by Crippen LogP contribution is 2.20. The van der Waals surface area contributed by atoms with Gasteiger partial charge in [-0.2, -0.15) is 0 Å². The van der Waals surface area contributed by atoms with Crippen molar-refractivity contribution >= 4 is 47.2 Å². The van der Waals surface area contributed by atoms with Crippen LogP contribution in [0.3, 0.4) is 0 Å². The van der Waals surface area contributed by atoms with Gasteiger partial charge >= 0.3 is 0 Å². The third-order valence-corrected chi connectivity index (χ3v) is 5.04. The van der Waals surface area contributed by atoms with E-state index in [-0.39, 0.29) is 29.9 Å². The molecule has 8 nitrogen and oxygen atoms in total. The molecule has 0 radical (unpaired) electrons. The molecule has 0 unspecified atom stereocenters. The number of carbonyl (C=O) groups is 1. The van der Waals surface area contributed by atoms with Gasteiger partial charge in [-0.05, 0) is 36.4 Å². The largest absolute Gasteiger partial charge is 0.497 e. The van der Waals surface area contributed by atoms with Crippen LogP contribution in [0, 0.1) is 0 Å². The van der Waals surface area contributed by atoms with Crippen LogP contribution in [0.5, 0.6) is 11.5 Å². The smallest absolute Gasteiger partial charge is 0.221 e. The number of rotatable bonds is 7. The van der Waals surface area contributed by atoms with Crippen LogP contribution in [0.25, 0.3) is 0 Å². The Labute approximate surface area is 207 Å². The summed E-state index contributed by atoms with van der Waals surface area (Å²) >= 11 is 0. The molecule has 0 atom stereocenters. The second-order valence-corrected chi connectivity index (χ2v) is 7.20. The van der Waals surface area contributed by atoms with Crippen molar-refractivity contribution < 1.29 is 14.3 Å². The second kappa shape index (κ2) is 13.0. The number of hydrogen-bond donors (Lipinski definition) is 2. The molecule has 0 bridgehead atoms. The topological polar surface area (TPSA) is 78.4 Å². The van der Waals surface area contributed by atoms with Crippen molar-refractivity contribution in [2.24, 2.45) is 4.99 Å². The molecule has 0 aliphatic carbocycles. The van der Waals surface area contributed by atoms with Crippen LogP contribution >= 0.6 is 24.0 Å². The molecule has 1 aliphatic rings. The SMILES string of the molecule is CN=C(NCCOc1cccc(NC(C)=O)c1)N1CCN(c2ccc(OC)cc2)CC1.I. The first-order chi connectivity index (χ1) is 15.1. The van der Waals surface area contributed by atoms with Gasteiger partial charge in [-0.1, -0.05) is 6.07 Å². The van der Waals surface area contributed by atoms with Crippen LogP contribution in [0.2, 0.25) is 0 Å². The quantitative estimate of drug-likeness (QED) is 0.238. The average molecular weight is 553 g/mol. The van der Waals surface area contributed by atoms with Crippen LogP contribution in [-0.4, -0.2) is 70.3 Å². The fraction of sp³-hybridized carbons (Fsp3) is 0.391. The number of carbonyl (C=O) groups excluding carboxylic acids is 1. The highest BCUT2D eigenvalue weighted by molar-refractivity contribution is 14.0. The number of nitrogens with one attached hydrogen (secondary N) is 2. The zero-order valence-corrected chi connectivity index (χ0v) is 21.2. The lowest BCUT2D eigenvalue weighted by Crippen LogP contribution is -2.53. The monoisotopic (exact) mass is 553 g/mol. The van der Waals surface area contributed by atoms with Crippen LogP contribution in [0.4, 0.5) is 11.4 Å². The van der Waals surface area contributed by atoms with E-state index >= 15 is 0 Å². The van der Waals surface area contributed by atoms with E-state index in [0.29, 0.717) is 13.2 Å². The van der Waals surface area contributed by atoms with Crippen LogP contribution < -0.4 is 25.0 Å². The van der Waals surface area contributed by atoms with Crippen LogP contribution in [-0.2, 0) is 4.79 Å². The lowest BCUT2D eigenvalue weighted by molar-refractivity contribution is -0.114. The van der Waals surface area contributed by atoms with Crippen LogP contribution in [0.15, 0.2) is 53.5 Å². The maximum absolute atomic E-state index is 11.2. The lowest BCUT2D eigenvalue weighted by atomic mass is 10.2. The van der Waals surface area contributed by atoms with E-state index in [1.54, 1.807) is 14.2 Å². The first-order valence-electron chi connectivity index (χ1n) is 10.4. The summed E-state index contributed by atoms with van der Waals surface area (Å²) < 4.78 is 11.0. The first kappa shape index (κ1) is 25.6. The third kappa shape index (κ3) is 7.47. The molecule has 3 rings (SSSR count). The van der Waals surface area contributed by atoms with E-state index in [4.69, 9.17) is 9.47 Å². The third-order valence-electron chi connectivity index (χ3n) is 5.04. The summed E-state index contributed by atoms with van der Waals surface area (Å²) in [4.78, 5) is 20.2. The Morgan fingerprint density at radius 2 is 1.78 bits per heavy atom. The van der Waals surface area contributed by atoms with Crippen molar-refractivity contribution in [2.75, 3.05) is 63.7 Å². The Bertz CT molecular complexity index is 883. The standard InChI is InChI=1S/C23H31N5O3.HI/c1-18(29)26-19-5-4-6-22(17-19)31-16-11-25-23(24-2)28-14-12-27(13-15-28)20-7-9-21(30-3)10-8-20;/h4-10,17H,11-16H2,1-3H3,(H,24,25)(H,26,29);1H. The number of aliphatic imine (C=N–C) groups is 1. The van der Waals surface area contributed by atoms with E-state index in [1.807, 2.05) is 36.4 Å². The number of nitrogens with zero attached hydrogens (tertiary/aromatic N) is 3. The number of guanidine groups is 1. The van der Waals surface area contributed by atoms with Gasteiger partial charge in [0.15, 0.2) is 5.96 Å². The number of amides is 1. The molecule has 0 spiro atoms. The lowest BCUT2D eigenvalue weighted by Gasteiger charge is -2.37. The van der Waals surface area contributed by atoms with E-state index in [9.17, 15) is 4.79 Å². The molecular weight excluding hydrogens is 521 g/mol. The molecule has 1 amide bonds. The van der Waals surface area contributed by atoms with Gasteiger partial charge in [0.25, 0.3) is 0 Å². The van der Waals surface area contributed by atoms with Gasteiger partial charge < -0.3 is 29.9 Å². The fourth-order valence-electron chi connectivity index (χ4n) is 3.50. The maximum atomic E-state index is 11.2. The molecule has 2 aromatic carbocycles. The molecule has 32 heavy (non-hydrogen) atoms. The van der Waals surface area contributed by atoms with Crippen molar-refractivity contribution in [1.82, 2.24) is 10.2 Å². The average Bonchev–Trinajstić information content (AvgIpc) is 2.79. The Morgan fingerprint density at radius 3 is 2.41 bits per heavy atom. The van der Waals surface area contributed by atoms with Crippen molar-refractivity contribution in [3.8, 4) is 11.5 Å². The molecule has 1 heterocycles. The van der Waals surface area contributed by atoms with Gasteiger partial charge in [-0.25, -0.2) is 0 Å². The molecular formula is C23H32IN5O3. The minimum absolute atomic E-state index is 0. The number of piperazine rings is 1. The van der Waals surface area contributed by atoms with Gasteiger partial charge in [0.2, 0.25) is 5.91 Å². The van der Waals surface area contributed by atoms with Gasteiger partial charge in [-0.15, -0.1) is 24.0 Å². The summed E-state index contributed by atoms with van der Waals surface area (Å²) in [5, 5.41) is 6.13. The minimum atomic E-state index is -0.102. The predicted molar refractivity (Wildman–Crippen MR) is 140 cm³/mol. The molecule has 1 fully saturated rings. The Hall–Kier alpha value is -2.69. The summed E-state index contributed by atoms with van der Waals surface area (Å²) in [6.45, 7) is 6.26. The molecule has 0 aromatic heterocycles. The number of ether oxygens (including phenoxy) is 2. The van der Waals surface area contributed by atoms with E-state index in [2.05, 4.69) is 37.6 Å². The predicted octanol–water partition coefficient (Wildman–Crippen LogP) is 3.05. The van der Waals surface area contributed by atoms with Crippen molar-refractivity contribution in [3.63, 3.8) is 0 Å². The molecule has 2 N–H and O–H groups in total. The van der Waals surface area contributed by atoms with Crippen LogP contribution in [0.1, 0.15) is 6.92 Å². The van der Waals surface area contributed by atoms with Gasteiger partial charge in [0, 0.05) is 57.6 Å². The molecule has 9 heteroatoms. The zero-order valence-electron chi connectivity index (χ0n) is 18.8. The van der Waals surface area contributed by atoms with E-state index < -0.39 is 0 Å². The zero-order chi connectivity index (χ0) is 22.1. The molecule has 1 saturated heterocycles. The summed E-state index contributed by atoms with van der Waals surface area (Å²) in [5.74, 6) is 2.37. The summed E-state index contributed by atoms with van der Waals surface area (Å²) in [6, 6.07) is 15.6. The Balaban J connectivity index is 0.00000363. The normalized spacial score (nSPS) is 13.8. The van der Waals surface area contributed by atoms with Gasteiger partial charge in [0.05, 0.1) is 13.7 Å². The van der Waals surface area contributed by atoms with Crippen molar-refractivity contribution in [1.29, 1.82) is 0 Å². The number of hydrogen-bond acceptors (Lipinski definition) is 5. The minimum Gasteiger partial charge on any atom is -0.497 e. The van der Waals surface area contributed by atoms with Gasteiger partial charge in [-0.3, -0.25) is 9.79 Å². The Morgan fingerprint density at radius 1 is 1.06 bits per heavy atom.